The molecule has 0 aliphatic rings. The summed E-state index contributed by atoms with van der Waals surface area (Å²) in [6.07, 6.45) is 2.73. The van der Waals surface area contributed by atoms with E-state index in [1.165, 1.54) is 11.1 Å². The molecule has 0 unspecified atom stereocenters. The summed E-state index contributed by atoms with van der Waals surface area (Å²) in [4.78, 5) is 4.38. The van der Waals surface area contributed by atoms with Crippen LogP contribution in [0.25, 0.3) is 11.0 Å². The summed E-state index contributed by atoms with van der Waals surface area (Å²) >= 11 is 0. The van der Waals surface area contributed by atoms with Crippen molar-refractivity contribution in [1.29, 1.82) is 0 Å². The number of nitrogen functional groups attached to an aromatic ring is 1. The van der Waals surface area contributed by atoms with E-state index in [1.54, 1.807) is 0 Å². The van der Waals surface area contributed by atoms with E-state index in [0.717, 1.165) is 23.1 Å². The van der Waals surface area contributed by atoms with E-state index in [2.05, 4.69) is 29.2 Å². The van der Waals surface area contributed by atoms with Crippen molar-refractivity contribution < 1.29 is 0 Å². The maximum absolute atomic E-state index is 5.79. The minimum absolute atomic E-state index is 0.811. The minimum atomic E-state index is 0.811. The zero-order valence-electron chi connectivity index (χ0n) is 10.3. The van der Waals surface area contributed by atoms with Crippen molar-refractivity contribution in [3.8, 4) is 0 Å². The Hall–Kier alpha value is -2.29. The van der Waals surface area contributed by atoms with E-state index >= 15 is 0 Å². The predicted octanol–water partition coefficient (Wildman–Crippen LogP) is 2.75. The van der Waals surface area contributed by atoms with Gasteiger partial charge in [0, 0.05) is 12.7 Å². The highest BCUT2D eigenvalue weighted by Crippen LogP contribution is 2.17. The Kier molecular flexibility index (Phi) is 2.52. The van der Waals surface area contributed by atoms with Crippen molar-refractivity contribution in [3.63, 3.8) is 0 Å². The summed E-state index contributed by atoms with van der Waals surface area (Å²) in [7, 11) is 2.01. The third kappa shape index (κ3) is 1.95. The number of hydrogen-bond acceptors (Lipinski definition) is 2. The summed E-state index contributed by atoms with van der Waals surface area (Å²) in [6.45, 7) is 0. The van der Waals surface area contributed by atoms with Gasteiger partial charge in [-0.2, -0.15) is 0 Å². The van der Waals surface area contributed by atoms with E-state index in [0.29, 0.717) is 0 Å². The quantitative estimate of drug-likeness (QED) is 0.696. The number of aryl methyl sites for hydroxylation is 1. The van der Waals surface area contributed by atoms with Gasteiger partial charge in [-0.15, -0.1) is 0 Å². The third-order valence-electron chi connectivity index (χ3n) is 3.15. The summed E-state index contributed by atoms with van der Waals surface area (Å²) < 4.78 is 2.03. The van der Waals surface area contributed by atoms with Crippen LogP contribution in [-0.4, -0.2) is 9.55 Å². The second-order valence-electron chi connectivity index (χ2n) is 4.60. The standard InChI is InChI=1S/C15H15N3/c1-18-10-17-14-9-12(5-6-15(14)18)7-11-3-2-4-13(16)8-11/h2-6,8-10H,7,16H2,1H3. The molecule has 0 saturated carbocycles. The Balaban J connectivity index is 1.95. The van der Waals surface area contributed by atoms with Crippen LogP contribution < -0.4 is 5.73 Å². The predicted molar refractivity (Wildman–Crippen MR) is 74.4 cm³/mol. The van der Waals surface area contributed by atoms with Crippen molar-refractivity contribution in [2.45, 2.75) is 6.42 Å². The van der Waals surface area contributed by atoms with Crippen molar-refractivity contribution in [2.24, 2.45) is 7.05 Å². The molecule has 0 amide bonds. The Morgan fingerprint density at radius 3 is 2.78 bits per heavy atom. The molecule has 2 aromatic carbocycles. The van der Waals surface area contributed by atoms with Crippen molar-refractivity contribution in [2.75, 3.05) is 5.73 Å². The summed E-state index contributed by atoms with van der Waals surface area (Å²) in [6, 6.07) is 14.4. The number of benzene rings is 2. The first kappa shape index (κ1) is 10.8. The third-order valence-corrected chi connectivity index (χ3v) is 3.15. The molecule has 0 atom stereocenters. The zero-order valence-corrected chi connectivity index (χ0v) is 10.3. The Labute approximate surface area is 106 Å². The Bertz CT molecular complexity index is 698. The molecular weight excluding hydrogens is 222 g/mol. The maximum Gasteiger partial charge on any atom is 0.0955 e. The zero-order chi connectivity index (χ0) is 12.5. The van der Waals surface area contributed by atoms with E-state index in [1.807, 2.05) is 36.1 Å². The van der Waals surface area contributed by atoms with Gasteiger partial charge in [-0.1, -0.05) is 18.2 Å². The molecule has 3 nitrogen and oxygen atoms in total. The van der Waals surface area contributed by atoms with Gasteiger partial charge in [0.15, 0.2) is 0 Å². The van der Waals surface area contributed by atoms with Crippen LogP contribution in [0.1, 0.15) is 11.1 Å². The number of nitrogens with zero attached hydrogens (tertiary/aromatic N) is 2. The fraction of sp³-hybridized carbons (Fsp3) is 0.133. The number of aromatic nitrogens is 2. The maximum atomic E-state index is 5.79. The highest BCUT2D eigenvalue weighted by atomic mass is 15.0. The fourth-order valence-corrected chi connectivity index (χ4v) is 2.23. The first-order valence-electron chi connectivity index (χ1n) is 5.97. The minimum Gasteiger partial charge on any atom is -0.399 e. The van der Waals surface area contributed by atoms with Gasteiger partial charge in [0.05, 0.1) is 17.4 Å². The number of hydrogen-bond donors (Lipinski definition) is 1. The first-order valence-corrected chi connectivity index (χ1v) is 5.97. The largest absolute Gasteiger partial charge is 0.399 e. The molecule has 2 N–H and O–H groups in total. The lowest BCUT2D eigenvalue weighted by atomic mass is 10.0. The highest BCUT2D eigenvalue weighted by molar-refractivity contribution is 5.76. The topological polar surface area (TPSA) is 43.8 Å². The number of anilines is 1. The lowest BCUT2D eigenvalue weighted by Gasteiger charge is -2.03. The SMILES string of the molecule is Cn1cnc2cc(Cc3cccc(N)c3)ccc21. The average Bonchev–Trinajstić information content (AvgIpc) is 2.71. The van der Waals surface area contributed by atoms with Crippen LogP contribution >= 0.6 is 0 Å². The summed E-state index contributed by atoms with van der Waals surface area (Å²) in [5.41, 5.74) is 11.3. The number of rotatable bonds is 2. The molecule has 0 saturated heterocycles. The van der Waals surface area contributed by atoms with Crippen LogP contribution in [0.3, 0.4) is 0 Å². The van der Waals surface area contributed by atoms with Gasteiger partial charge in [0.2, 0.25) is 0 Å². The van der Waals surface area contributed by atoms with Gasteiger partial charge in [0.1, 0.15) is 0 Å². The van der Waals surface area contributed by atoms with E-state index in [4.69, 9.17) is 5.73 Å². The Morgan fingerprint density at radius 1 is 1.11 bits per heavy atom. The van der Waals surface area contributed by atoms with Gasteiger partial charge < -0.3 is 10.3 Å². The highest BCUT2D eigenvalue weighted by Gasteiger charge is 2.02. The van der Waals surface area contributed by atoms with Gasteiger partial charge in [-0.3, -0.25) is 0 Å². The van der Waals surface area contributed by atoms with Crippen molar-refractivity contribution >= 4 is 16.7 Å². The monoisotopic (exact) mass is 237 g/mol. The molecule has 3 heteroatoms. The molecule has 0 radical (unpaired) electrons. The number of nitrogens with two attached hydrogens (primary N) is 1. The Morgan fingerprint density at radius 2 is 1.94 bits per heavy atom. The fourth-order valence-electron chi connectivity index (χ4n) is 2.23. The molecule has 0 aliphatic heterocycles. The van der Waals surface area contributed by atoms with Crippen LogP contribution in [-0.2, 0) is 13.5 Å². The molecule has 3 aromatic rings. The normalized spacial score (nSPS) is 10.9. The smallest absolute Gasteiger partial charge is 0.0955 e. The molecule has 0 fully saturated rings. The molecule has 0 aliphatic carbocycles. The molecule has 0 bridgehead atoms. The molecule has 3 rings (SSSR count). The molecular formula is C15H15N3. The van der Waals surface area contributed by atoms with Crippen molar-refractivity contribution in [3.05, 3.63) is 59.9 Å². The van der Waals surface area contributed by atoms with Gasteiger partial charge in [-0.05, 0) is 41.8 Å². The van der Waals surface area contributed by atoms with Crippen LogP contribution in [0.2, 0.25) is 0 Å². The molecule has 18 heavy (non-hydrogen) atoms. The molecule has 0 spiro atoms. The number of fused-ring (bicyclic) bond motifs is 1. The van der Waals surface area contributed by atoms with Crippen molar-refractivity contribution in [1.82, 2.24) is 9.55 Å². The average molecular weight is 237 g/mol. The second-order valence-corrected chi connectivity index (χ2v) is 4.60. The van der Waals surface area contributed by atoms with Crippen LogP contribution in [0, 0.1) is 0 Å². The van der Waals surface area contributed by atoms with Gasteiger partial charge >= 0.3 is 0 Å². The van der Waals surface area contributed by atoms with Crippen LogP contribution in [0.15, 0.2) is 48.8 Å². The lowest BCUT2D eigenvalue weighted by Crippen LogP contribution is -1.91. The van der Waals surface area contributed by atoms with E-state index in [9.17, 15) is 0 Å². The van der Waals surface area contributed by atoms with Crippen LogP contribution in [0.4, 0.5) is 5.69 Å². The van der Waals surface area contributed by atoms with E-state index in [-0.39, 0.29) is 0 Å². The lowest BCUT2D eigenvalue weighted by molar-refractivity contribution is 0.947. The van der Waals surface area contributed by atoms with E-state index < -0.39 is 0 Å². The molecule has 1 heterocycles. The van der Waals surface area contributed by atoms with Gasteiger partial charge in [-0.25, -0.2) is 4.98 Å². The summed E-state index contributed by atoms with van der Waals surface area (Å²) in [5.74, 6) is 0. The number of imidazole rings is 1. The molecule has 1 aromatic heterocycles. The second kappa shape index (κ2) is 4.18. The first-order chi connectivity index (χ1) is 8.72. The molecule has 90 valence electrons. The van der Waals surface area contributed by atoms with Crippen LogP contribution in [0.5, 0.6) is 0 Å². The summed E-state index contributed by atoms with van der Waals surface area (Å²) in [5, 5.41) is 0. The van der Waals surface area contributed by atoms with Gasteiger partial charge in [0.25, 0.3) is 0 Å².